The number of anilines is 1. The highest BCUT2D eigenvalue weighted by molar-refractivity contribution is 5.87. The van der Waals surface area contributed by atoms with Crippen molar-refractivity contribution < 1.29 is 4.79 Å². The van der Waals surface area contributed by atoms with E-state index in [0.29, 0.717) is 6.42 Å². The average molecular weight is 356 g/mol. The predicted molar refractivity (Wildman–Crippen MR) is 108 cm³/mol. The summed E-state index contributed by atoms with van der Waals surface area (Å²) in [6, 6.07) is 19.4. The van der Waals surface area contributed by atoms with Crippen LogP contribution in [-0.2, 0) is 11.2 Å². The molecule has 134 valence electrons. The molecule has 0 fully saturated rings. The second-order valence-corrected chi connectivity index (χ2v) is 6.48. The average Bonchev–Trinajstić information content (AvgIpc) is 3.12. The van der Waals surface area contributed by atoms with Crippen molar-refractivity contribution >= 4 is 22.5 Å². The summed E-state index contributed by atoms with van der Waals surface area (Å²) in [5, 5.41) is 4.37. The zero-order chi connectivity index (χ0) is 18.6. The minimum Gasteiger partial charge on any atom is -0.373 e. The van der Waals surface area contributed by atoms with Gasteiger partial charge in [-0.05, 0) is 47.0 Å². The van der Waals surface area contributed by atoms with Gasteiger partial charge in [0.1, 0.15) is 6.04 Å². The Hall–Kier alpha value is -3.60. The lowest BCUT2D eigenvalue weighted by Gasteiger charge is -2.17. The van der Waals surface area contributed by atoms with Gasteiger partial charge in [-0.15, -0.1) is 0 Å². The Kier molecular flexibility index (Phi) is 4.58. The van der Waals surface area contributed by atoms with Crippen molar-refractivity contribution in [3.05, 3.63) is 84.8 Å². The number of nitrogens with one attached hydrogen (secondary N) is 2. The number of fused-ring (bicyclic) bond motifs is 1. The van der Waals surface area contributed by atoms with Crippen LogP contribution in [0.4, 0.5) is 5.69 Å². The van der Waals surface area contributed by atoms with Gasteiger partial charge < -0.3 is 16.0 Å². The van der Waals surface area contributed by atoms with Crippen LogP contribution in [-0.4, -0.2) is 21.9 Å². The minimum atomic E-state index is -0.490. The van der Waals surface area contributed by atoms with Crippen LogP contribution in [0.1, 0.15) is 5.56 Å². The number of aromatic amines is 1. The molecule has 0 aliphatic heterocycles. The van der Waals surface area contributed by atoms with Gasteiger partial charge in [-0.3, -0.25) is 9.78 Å². The van der Waals surface area contributed by atoms with E-state index in [0.717, 1.165) is 33.3 Å². The van der Waals surface area contributed by atoms with Crippen LogP contribution >= 0.6 is 0 Å². The normalized spacial score (nSPS) is 12.0. The number of aromatic nitrogens is 2. The van der Waals surface area contributed by atoms with Crippen LogP contribution < -0.4 is 11.1 Å². The highest BCUT2D eigenvalue weighted by Gasteiger charge is 2.18. The first kappa shape index (κ1) is 16.8. The number of nitrogens with two attached hydrogens (primary N) is 1. The first-order valence-corrected chi connectivity index (χ1v) is 8.82. The summed E-state index contributed by atoms with van der Waals surface area (Å²) >= 11 is 0. The Balaban J connectivity index is 1.52. The molecule has 2 aromatic carbocycles. The third kappa shape index (κ3) is 3.67. The van der Waals surface area contributed by atoms with Gasteiger partial charge in [0.2, 0.25) is 5.91 Å². The molecule has 0 aliphatic rings. The number of rotatable bonds is 6. The Bertz CT molecular complexity index is 1050. The number of H-pyrrole nitrogens is 1. The number of primary amides is 1. The number of nitrogens with zero attached hydrogens (tertiary/aromatic N) is 1. The van der Waals surface area contributed by atoms with Gasteiger partial charge in [0.25, 0.3) is 0 Å². The minimum absolute atomic E-state index is 0.376. The van der Waals surface area contributed by atoms with Crippen LogP contribution in [0.25, 0.3) is 22.0 Å². The number of pyridine rings is 1. The third-order valence-electron chi connectivity index (χ3n) is 4.68. The monoisotopic (exact) mass is 356 g/mol. The molecular weight excluding hydrogens is 336 g/mol. The summed E-state index contributed by atoms with van der Waals surface area (Å²) in [5.74, 6) is -0.376. The van der Waals surface area contributed by atoms with Crippen molar-refractivity contribution in [1.29, 1.82) is 0 Å². The number of carbonyl (C=O) groups excluding carboxylic acids is 1. The van der Waals surface area contributed by atoms with Crippen molar-refractivity contribution in [3.8, 4) is 11.1 Å². The van der Waals surface area contributed by atoms with Crippen LogP contribution in [0, 0.1) is 0 Å². The molecule has 0 unspecified atom stereocenters. The molecule has 27 heavy (non-hydrogen) atoms. The van der Waals surface area contributed by atoms with Crippen molar-refractivity contribution in [2.24, 2.45) is 5.73 Å². The fraction of sp³-hybridized carbons (Fsp3) is 0.0909. The van der Waals surface area contributed by atoms with E-state index in [4.69, 9.17) is 5.73 Å². The molecular formula is C22H20N4O. The maximum absolute atomic E-state index is 12.0. The molecule has 4 N–H and O–H groups in total. The maximum atomic E-state index is 12.0. The van der Waals surface area contributed by atoms with E-state index in [1.165, 1.54) is 0 Å². The van der Waals surface area contributed by atoms with E-state index >= 15 is 0 Å². The van der Waals surface area contributed by atoms with Gasteiger partial charge >= 0.3 is 0 Å². The van der Waals surface area contributed by atoms with Crippen LogP contribution in [0.5, 0.6) is 0 Å². The number of benzene rings is 2. The number of amides is 1. The number of hydrogen-bond donors (Lipinski definition) is 3. The van der Waals surface area contributed by atoms with E-state index in [1.54, 1.807) is 12.4 Å². The predicted octanol–water partition coefficient (Wildman–Crippen LogP) is 3.74. The van der Waals surface area contributed by atoms with Gasteiger partial charge in [0, 0.05) is 41.6 Å². The molecule has 0 spiro atoms. The summed E-state index contributed by atoms with van der Waals surface area (Å²) in [5.41, 5.74) is 10.8. The molecule has 1 atom stereocenters. The second-order valence-electron chi connectivity index (χ2n) is 6.48. The van der Waals surface area contributed by atoms with E-state index in [-0.39, 0.29) is 5.91 Å². The van der Waals surface area contributed by atoms with Crippen LogP contribution in [0.2, 0.25) is 0 Å². The number of hydrogen-bond acceptors (Lipinski definition) is 3. The summed E-state index contributed by atoms with van der Waals surface area (Å²) in [7, 11) is 0. The third-order valence-corrected chi connectivity index (χ3v) is 4.68. The Morgan fingerprint density at radius 2 is 1.70 bits per heavy atom. The molecule has 4 rings (SSSR count). The molecule has 4 aromatic rings. The van der Waals surface area contributed by atoms with E-state index in [9.17, 15) is 4.79 Å². The quantitative estimate of drug-likeness (QED) is 0.492. The summed E-state index contributed by atoms with van der Waals surface area (Å²) in [4.78, 5) is 19.3. The summed E-state index contributed by atoms with van der Waals surface area (Å²) in [6.45, 7) is 0. The maximum Gasteiger partial charge on any atom is 0.240 e. The van der Waals surface area contributed by atoms with Crippen molar-refractivity contribution in [1.82, 2.24) is 9.97 Å². The second kappa shape index (κ2) is 7.33. The molecule has 1 amide bonds. The Morgan fingerprint density at radius 1 is 1.00 bits per heavy atom. The topological polar surface area (TPSA) is 83.8 Å². The van der Waals surface area contributed by atoms with E-state index < -0.39 is 6.04 Å². The van der Waals surface area contributed by atoms with Crippen molar-refractivity contribution in [2.45, 2.75) is 12.5 Å². The van der Waals surface area contributed by atoms with E-state index in [2.05, 4.69) is 15.3 Å². The van der Waals surface area contributed by atoms with Crippen molar-refractivity contribution in [3.63, 3.8) is 0 Å². The SMILES string of the molecule is NC(=O)[C@@H](Cc1c[nH]c2ccccc12)Nc1ccc(-c2ccncc2)cc1. The molecule has 0 aliphatic carbocycles. The molecule has 5 nitrogen and oxygen atoms in total. The van der Waals surface area contributed by atoms with Gasteiger partial charge in [-0.1, -0.05) is 30.3 Å². The van der Waals surface area contributed by atoms with Crippen molar-refractivity contribution in [2.75, 3.05) is 5.32 Å². The molecule has 0 saturated carbocycles. The zero-order valence-electron chi connectivity index (χ0n) is 14.7. The van der Waals surface area contributed by atoms with Crippen LogP contribution in [0.15, 0.2) is 79.3 Å². The highest BCUT2D eigenvalue weighted by atomic mass is 16.1. The Labute approximate surface area is 157 Å². The molecule has 0 saturated heterocycles. The zero-order valence-corrected chi connectivity index (χ0v) is 14.7. The smallest absolute Gasteiger partial charge is 0.240 e. The van der Waals surface area contributed by atoms with Gasteiger partial charge in [-0.25, -0.2) is 0 Å². The first-order chi connectivity index (χ1) is 13.2. The lowest BCUT2D eigenvalue weighted by molar-refractivity contribution is -0.118. The highest BCUT2D eigenvalue weighted by Crippen LogP contribution is 2.23. The van der Waals surface area contributed by atoms with Gasteiger partial charge in [-0.2, -0.15) is 0 Å². The molecule has 0 radical (unpaired) electrons. The fourth-order valence-electron chi connectivity index (χ4n) is 3.25. The summed E-state index contributed by atoms with van der Waals surface area (Å²) in [6.07, 6.45) is 6.00. The fourth-order valence-corrected chi connectivity index (χ4v) is 3.25. The summed E-state index contributed by atoms with van der Waals surface area (Å²) < 4.78 is 0. The molecule has 2 aromatic heterocycles. The lowest BCUT2D eigenvalue weighted by Crippen LogP contribution is -2.37. The largest absolute Gasteiger partial charge is 0.373 e. The standard InChI is InChI=1S/C22H20N4O/c23-22(27)21(13-17-14-25-20-4-2-1-3-19(17)20)26-18-7-5-15(6-8-18)16-9-11-24-12-10-16/h1-12,14,21,25-26H,13H2,(H2,23,27)/t21-/m1/s1. The van der Waals surface area contributed by atoms with Gasteiger partial charge in [0.15, 0.2) is 0 Å². The number of para-hydroxylation sites is 1. The first-order valence-electron chi connectivity index (χ1n) is 8.82. The molecule has 2 heterocycles. The molecule has 5 heteroatoms. The molecule has 0 bridgehead atoms. The Morgan fingerprint density at radius 3 is 2.44 bits per heavy atom. The lowest BCUT2D eigenvalue weighted by atomic mass is 10.0. The van der Waals surface area contributed by atoms with Crippen LogP contribution in [0.3, 0.4) is 0 Å². The number of carbonyl (C=O) groups is 1. The van der Waals surface area contributed by atoms with E-state index in [1.807, 2.05) is 66.9 Å². The van der Waals surface area contributed by atoms with Gasteiger partial charge in [0.05, 0.1) is 0 Å².